The van der Waals surface area contributed by atoms with Gasteiger partial charge in [0.25, 0.3) is 10.0 Å². The molecule has 0 aliphatic heterocycles. The van der Waals surface area contributed by atoms with Crippen LogP contribution < -0.4 is 19.5 Å². The van der Waals surface area contributed by atoms with Crippen LogP contribution >= 0.6 is 0 Å². The molecule has 2 N–H and O–H groups in total. The van der Waals surface area contributed by atoms with Gasteiger partial charge in [0.15, 0.2) is 11.5 Å². The molecular weight excluding hydrogens is 428 g/mol. The van der Waals surface area contributed by atoms with Crippen LogP contribution in [0.3, 0.4) is 0 Å². The maximum atomic E-state index is 12.6. The summed E-state index contributed by atoms with van der Waals surface area (Å²) in [6, 6.07) is 18.4. The van der Waals surface area contributed by atoms with Crippen LogP contribution in [-0.2, 0) is 14.8 Å². The van der Waals surface area contributed by atoms with E-state index in [1.807, 2.05) is 19.1 Å². The van der Waals surface area contributed by atoms with Gasteiger partial charge < -0.3 is 14.8 Å². The number of nitrogens with one attached hydrogen (secondary N) is 2. The van der Waals surface area contributed by atoms with Crippen molar-refractivity contribution in [2.75, 3.05) is 24.3 Å². The quantitative estimate of drug-likeness (QED) is 0.492. The normalized spacial score (nSPS) is 11.2. The van der Waals surface area contributed by atoms with E-state index in [0.717, 1.165) is 11.1 Å². The molecule has 0 radical (unpaired) electrons. The fourth-order valence-corrected chi connectivity index (χ4v) is 4.05. The number of hydrogen-bond donors (Lipinski definition) is 2. The average Bonchev–Trinajstić information content (AvgIpc) is 2.79. The van der Waals surface area contributed by atoms with E-state index >= 15 is 0 Å². The Bertz CT molecular complexity index is 1240. The largest absolute Gasteiger partial charge is 0.493 e. The Morgan fingerprint density at radius 3 is 2.25 bits per heavy atom. The Labute approximate surface area is 187 Å². The number of hydrogen-bond acceptors (Lipinski definition) is 5. The maximum Gasteiger partial charge on any atom is 0.261 e. The number of aryl methyl sites for hydroxylation is 1. The van der Waals surface area contributed by atoms with E-state index in [9.17, 15) is 13.2 Å². The van der Waals surface area contributed by atoms with Gasteiger partial charge in [0.2, 0.25) is 5.91 Å². The molecule has 0 fully saturated rings. The number of ether oxygens (including phenoxy) is 2. The second-order valence-electron chi connectivity index (χ2n) is 6.88. The molecule has 0 saturated carbocycles. The molecule has 7 nitrogen and oxygen atoms in total. The first-order valence-electron chi connectivity index (χ1n) is 9.72. The lowest BCUT2D eigenvalue weighted by Gasteiger charge is -2.11. The third-order valence-electron chi connectivity index (χ3n) is 4.66. The molecule has 0 atom stereocenters. The molecule has 1 amide bonds. The Morgan fingerprint density at radius 1 is 0.906 bits per heavy atom. The number of para-hydroxylation sites is 1. The van der Waals surface area contributed by atoms with Gasteiger partial charge in [-0.15, -0.1) is 0 Å². The first-order valence-corrected chi connectivity index (χ1v) is 11.2. The minimum atomic E-state index is -3.74. The highest BCUT2D eigenvalue weighted by Gasteiger charge is 2.15. The van der Waals surface area contributed by atoms with Crippen molar-refractivity contribution in [2.24, 2.45) is 0 Å². The second-order valence-corrected chi connectivity index (χ2v) is 8.56. The smallest absolute Gasteiger partial charge is 0.261 e. The van der Waals surface area contributed by atoms with E-state index < -0.39 is 10.0 Å². The molecule has 0 bridgehead atoms. The van der Waals surface area contributed by atoms with E-state index in [4.69, 9.17) is 9.47 Å². The van der Waals surface area contributed by atoms with Crippen molar-refractivity contribution in [3.63, 3.8) is 0 Å². The van der Waals surface area contributed by atoms with Crippen LogP contribution in [0.15, 0.2) is 77.7 Å². The Balaban J connectivity index is 1.66. The second kappa shape index (κ2) is 10.0. The molecule has 0 aromatic heterocycles. The number of carbonyl (C=O) groups is 1. The van der Waals surface area contributed by atoms with Crippen molar-refractivity contribution in [1.82, 2.24) is 0 Å². The number of anilines is 2. The van der Waals surface area contributed by atoms with Crippen molar-refractivity contribution in [2.45, 2.75) is 11.8 Å². The fraction of sp³-hybridized carbons (Fsp3) is 0.125. The topological polar surface area (TPSA) is 93.7 Å². The van der Waals surface area contributed by atoms with Gasteiger partial charge in [-0.25, -0.2) is 8.42 Å². The molecule has 3 aromatic rings. The van der Waals surface area contributed by atoms with Gasteiger partial charge in [-0.1, -0.05) is 24.3 Å². The molecule has 0 saturated heterocycles. The molecule has 0 aliphatic rings. The third kappa shape index (κ3) is 5.67. The summed E-state index contributed by atoms with van der Waals surface area (Å²) < 4.78 is 38.2. The van der Waals surface area contributed by atoms with Gasteiger partial charge in [-0.3, -0.25) is 9.52 Å². The van der Waals surface area contributed by atoms with E-state index in [2.05, 4.69) is 10.0 Å². The molecular formula is C24H24N2O5S. The molecule has 0 spiro atoms. The van der Waals surface area contributed by atoms with Gasteiger partial charge in [-0.2, -0.15) is 0 Å². The van der Waals surface area contributed by atoms with Gasteiger partial charge in [0, 0.05) is 11.8 Å². The Morgan fingerprint density at radius 2 is 1.59 bits per heavy atom. The summed E-state index contributed by atoms with van der Waals surface area (Å²) in [4.78, 5) is 12.3. The summed E-state index contributed by atoms with van der Waals surface area (Å²) in [5.41, 5.74) is 2.58. The number of amides is 1. The zero-order valence-electron chi connectivity index (χ0n) is 18.0. The number of sulfonamides is 1. The van der Waals surface area contributed by atoms with Crippen LogP contribution in [-0.4, -0.2) is 28.5 Å². The van der Waals surface area contributed by atoms with Gasteiger partial charge in [0.05, 0.1) is 24.8 Å². The van der Waals surface area contributed by atoms with Crippen molar-refractivity contribution in [3.8, 4) is 11.5 Å². The Hall–Kier alpha value is -3.78. The zero-order chi connectivity index (χ0) is 23.1. The van der Waals surface area contributed by atoms with Crippen molar-refractivity contribution in [3.05, 3.63) is 83.9 Å². The van der Waals surface area contributed by atoms with Crippen LogP contribution in [0.25, 0.3) is 6.08 Å². The standard InChI is InChI=1S/C24H24N2O5S/c1-17-6-4-5-7-21(17)26-32(28,29)20-12-10-19(11-13-20)25-24(27)15-9-18-8-14-22(30-2)23(16-18)31-3/h4-16,26H,1-3H3,(H,25,27)/b15-9+. The lowest BCUT2D eigenvalue weighted by atomic mass is 10.2. The summed E-state index contributed by atoms with van der Waals surface area (Å²) in [6.07, 6.45) is 3.02. The fourth-order valence-electron chi connectivity index (χ4n) is 2.92. The molecule has 3 aromatic carbocycles. The SMILES string of the molecule is COc1ccc(/C=C/C(=O)Nc2ccc(S(=O)(=O)Nc3ccccc3C)cc2)cc1OC. The summed E-state index contributed by atoms with van der Waals surface area (Å²) in [7, 11) is -0.647. The van der Waals surface area contributed by atoms with Gasteiger partial charge >= 0.3 is 0 Å². The summed E-state index contributed by atoms with van der Waals surface area (Å²) in [5, 5.41) is 2.70. The highest BCUT2D eigenvalue weighted by Crippen LogP contribution is 2.28. The highest BCUT2D eigenvalue weighted by atomic mass is 32.2. The number of carbonyl (C=O) groups excluding carboxylic acids is 1. The maximum absolute atomic E-state index is 12.6. The monoisotopic (exact) mass is 452 g/mol. The first-order chi connectivity index (χ1) is 15.3. The predicted octanol–water partition coefficient (Wildman–Crippen LogP) is 4.46. The average molecular weight is 453 g/mol. The lowest BCUT2D eigenvalue weighted by Crippen LogP contribution is -2.14. The van der Waals surface area contributed by atoms with Crippen LogP contribution in [0, 0.1) is 6.92 Å². The molecule has 166 valence electrons. The summed E-state index contributed by atoms with van der Waals surface area (Å²) >= 11 is 0. The third-order valence-corrected chi connectivity index (χ3v) is 6.04. The molecule has 8 heteroatoms. The molecule has 32 heavy (non-hydrogen) atoms. The number of methoxy groups -OCH3 is 2. The van der Waals surface area contributed by atoms with Crippen molar-refractivity contribution < 1.29 is 22.7 Å². The number of rotatable bonds is 8. The van der Waals surface area contributed by atoms with E-state index in [1.54, 1.807) is 50.6 Å². The molecule has 0 unspecified atom stereocenters. The minimum Gasteiger partial charge on any atom is -0.493 e. The molecule has 0 aliphatic carbocycles. The van der Waals surface area contributed by atoms with Crippen LogP contribution in [0.5, 0.6) is 11.5 Å². The lowest BCUT2D eigenvalue weighted by molar-refractivity contribution is -0.111. The van der Waals surface area contributed by atoms with Gasteiger partial charge in [0.1, 0.15) is 0 Å². The van der Waals surface area contributed by atoms with E-state index in [1.165, 1.54) is 30.3 Å². The number of benzene rings is 3. The van der Waals surface area contributed by atoms with Gasteiger partial charge in [-0.05, 0) is 66.6 Å². The van der Waals surface area contributed by atoms with Crippen molar-refractivity contribution in [1.29, 1.82) is 0 Å². The van der Waals surface area contributed by atoms with E-state index in [-0.39, 0.29) is 10.8 Å². The first kappa shape index (κ1) is 22.9. The van der Waals surface area contributed by atoms with Crippen molar-refractivity contribution >= 4 is 33.4 Å². The predicted molar refractivity (Wildman–Crippen MR) is 126 cm³/mol. The summed E-state index contributed by atoms with van der Waals surface area (Å²) in [6.45, 7) is 1.83. The van der Waals surface area contributed by atoms with Crippen LogP contribution in [0.4, 0.5) is 11.4 Å². The van der Waals surface area contributed by atoms with Crippen LogP contribution in [0.2, 0.25) is 0 Å². The molecule has 3 rings (SSSR count). The zero-order valence-corrected chi connectivity index (χ0v) is 18.8. The summed E-state index contributed by atoms with van der Waals surface area (Å²) in [5.74, 6) is 0.806. The highest BCUT2D eigenvalue weighted by molar-refractivity contribution is 7.92. The minimum absolute atomic E-state index is 0.0969. The van der Waals surface area contributed by atoms with Crippen LogP contribution in [0.1, 0.15) is 11.1 Å². The molecule has 0 heterocycles. The Kier molecular flexibility index (Phi) is 7.17. The van der Waals surface area contributed by atoms with E-state index in [0.29, 0.717) is 22.9 Å².